The minimum absolute atomic E-state index is 0.150. The highest BCUT2D eigenvalue weighted by atomic mass is 19.4. The SMILES string of the molecule is CC(=O)Nc1c[nH]c2ccc(OCC[C@H]3CCCN(CC(F)(F)F)C3)cc12. The molecule has 1 atom stereocenters. The molecule has 1 aliphatic rings. The van der Waals surface area contributed by atoms with Crippen LogP contribution in [0.5, 0.6) is 5.75 Å². The van der Waals surface area contributed by atoms with Crippen molar-refractivity contribution in [3.8, 4) is 5.75 Å². The Morgan fingerprint density at radius 2 is 2.22 bits per heavy atom. The molecule has 0 aliphatic carbocycles. The summed E-state index contributed by atoms with van der Waals surface area (Å²) in [6.07, 6.45) is 0.0263. The molecule has 0 radical (unpaired) electrons. The minimum atomic E-state index is -4.14. The summed E-state index contributed by atoms with van der Waals surface area (Å²) in [4.78, 5) is 15.8. The Morgan fingerprint density at radius 1 is 1.41 bits per heavy atom. The lowest BCUT2D eigenvalue weighted by molar-refractivity contribution is -0.149. The van der Waals surface area contributed by atoms with Crippen LogP contribution in [0.1, 0.15) is 26.2 Å². The molecule has 1 amide bonds. The zero-order valence-corrected chi connectivity index (χ0v) is 15.2. The molecule has 0 saturated carbocycles. The maximum absolute atomic E-state index is 12.6. The molecule has 5 nitrogen and oxygen atoms in total. The summed E-state index contributed by atoms with van der Waals surface area (Å²) in [6, 6.07) is 5.57. The molecular formula is C19H24F3N3O2. The van der Waals surface area contributed by atoms with E-state index in [9.17, 15) is 18.0 Å². The van der Waals surface area contributed by atoms with Gasteiger partial charge in [-0.05, 0) is 49.9 Å². The summed E-state index contributed by atoms with van der Waals surface area (Å²) in [7, 11) is 0. The topological polar surface area (TPSA) is 57.4 Å². The number of fused-ring (bicyclic) bond motifs is 1. The Bertz CT molecular complexity index is 788. The number of hydrogen-bond donors (Lipinski definition) is 2. The standard InChI is InChI=1S/C19H24F3N3O2/c1-13(26)24-18-10-23-17-5-4-15(9-16(17)18)27-8-6-14-3-2-7-25(11-14)12-19(20,21)22/h4-5,9-10,14,23H,2-3,6-8,11-12H2,1H3,(H,24,26)/t14-/m1/s1. The lowest BCUT2D eigenvalue weighted by Gasteiger charge is -2.33. The van der Waals surface area contributed by atoms with Crippen molar-refractivity contribution < 1.29 is 22.7 Å². The number of likely N-dealkylation sites (tertiary alicyclic amines) is 1. The average molecular weight is 383 g/mol. The summed E-state index contributed by atoms with van der Waals surface area (Å²) in [5, 5.41) is 3.62. The number of aromatic nitrogens is 1. The van der Waals surface area contributed by atoms with Gasteiger partial charge in [0.2, 0.25) is 5.91 Å². The molecule has 2 aromatic rings. The van der Waals surface area contributed by atoms with E-state index in [0.717, 1.165) is 30.2 Å². The molecule has 2 heterocycles. The fraction of sp³-hybridized carbons (Fsp3) is 0.526. The van der Waals surface area contributed by atoms with Gasteiger partial charge in [-0.2, -0.15) is 13.2 Å². The van der Waals surface area contributed by atoms with E-state index in [2.05, 4.69) is 10.3 Å². The van der Waals surface area contributed by atoms with Gasteiger partial charge >= 0.3 is 6.18 Å². The number of benzene rings is 1. The Balaban J connectivity index is 1.53. The van der Waals surface area contributed by atoms with E-state index in [1.165, 1.54) is 11.8 Å². The number of piperidine rings is 1. The predicted octanol–water partition coefficient (Wildman–Crippen LogP) is 4.17. The first-order valence-corrected chi connectivity index (χ1v) is 9.11. The number of carbonyl (C=O) groups excluding carboxylic acids is 1. The number of alkyl halides is 3. The maximum atomic E-state index is 12.6. The van der Waals surface area contributed by atoms with Gasteiger partial charge in [0.15, 0.2) is 0 Å². The van der Waals surface area contributed by atoms with Crippen LogP contribution in [0, 0.1) is 5.92 Å². The Morgan fingerprint density at radius 3 is 2.96 bits per heavy atom. The number of ether oxygens (including phenoxy) is 1. The van der Waals surface area contributed by atoms with Crippen molar-refractivity contribution in [1.82, 2.24) is 9.88 Å². The molecule has 1 fully saturated rings. The summed E-state index contributed by atoms with van der Waals surface area (Å²) in [5.74, 6) is 0.742. The largest absolute Gasteiger partial charge is 0.494 e. The number of anilines is 1. The third-order valence-corrected chi connectivity index (χ3v) is 4.76. The van der Waals surface area contributed by atoms with E-state index >= 15 is 0 Å². The average Bonchev–Trinajstić information content (AvgIpc) is 2.95. The van der Waals surface area contributed by atoms with Crippen LogP contribution in [0.25, 0.3) is 10.9 Å². The molecule has 0 bridgehead atoms. The number of halogens is 3. The van der Waals surface area contributed by atoms with Gasteiger partial charge in [-0.25, -0.2) is 0 Å². The van der Waals surface area contributed by atoms with Gasteiger partial charge in [-0.1, -0.05) is 0 Å². The molecule has 27 heavy (non-hydrogen) atoms. The molecule has 1 saturated heterocycles. The molecule has 148 valence electrons. The number of amides is 1. The van der Waals surface area contributed by atoms with Crippen LogP contribution < -0.4 is 10.1 Å². The number of H-pyrrole nitrogens is 1. The van der Waals surface area contributed by atoms with Gasteiger partial charge in [0.05, 0.1) is 18.8 Å². The third kappa shape index (κ3) is 5.63. The van der Waals surface area contributed by atoms with Crippen LogP contribution in [0.4, 0.5) is 18.9 Å². The van der Waals surface area contributed by atoms with E-state index in [-0.39, 0.29) is 11.8 Å². The Kier molecular flexibility index (Phi) is 5.94. The van der Waals surface area contributed by atoms with Gasteiger partial charge in [0, 0.05) is 30.6 Å². The lowest BCUT2D eigenvalue weighted by Crippen LogP contribution is -2.41. The van der Waals surface area contributed by atoms with Crippen LogP contribution in [-0.2, 0) is 4.79 Å². The molecule has 0 unspecified atom stereocenters. The quantitative estimate of drug-likeness (QED) is 0.787. The fourth-order valence-corrected chi connectivity index (χ4v) is 3.61. The van der Waals surface area contributed by atoms with E-state index in [1.807, 2.05) is 18.2 Å². The monoisotopic (exact) mass is 383 g/mol. The van der Waals surface area contributed by atoms with E-state index in [1.54, 1.807) is 6.20 Å². The van der Waals surface area contributed by atoms with Crippen LogP contribution >= 0.6 is 0 Å². The van der Waals surface area contributed by atoms with Gasteiger partial charge in [-0.15, -0.1) is 0 Å². The van der Waals surface area contributed by atoms with E-state index < -0.39 is 12.7 Å². The van der Waals surface area contributed by atoms with Crippen LogP contribution in [0.2, 0.25) is 0 Å². The number of hydrogen-bond acceptors (Lipinski definition) is 3. The summed E-state index contributed by atoms with van der Waals surface area (Å²) < 4.78 is 43.5. The van der Waals surface area contributed by atoms with Crippen molar-refractivity contribution in [3.63, 3.8) is 0 Å². The fourth-order valence-electron chi connectivity index (χ4n) is 3.61. The first kappa shape index (κ1) is 19.5. The predicted molar refractivity (Wildman–Crippen MR) is 97.9 cm³/mol. The summed E-state index contributed by atoms with van der Waals surface area (Å²) in [6.45, 7) is 2.04. The smallest absolute Gasteiger partial charge is 0.401 e. The minimum Gasteiger partial charge on any atom is -0.494 e. The first-order chi connectivity index (χ1) is 12.8. The Hall–Kier alpha value is -2.22. The van der Waals surface area contributed by atoms with Crippen molar-refractivity contribution >= 4 is 22.5 Å². The third-order valence-electron chi connectivity index (χ3n) is 4.76. The number of nitrogens with one attached hydrogen (secondary N) is 2. The van der Waals surface area contributed by atoms with E-state index in [0.29, 0.717) is 31.1 Å². The second-order valence-corrected chi connectivity index (χ2v) is 7.09. The molecular weight excluding hydrogens is 359 g/mol. The van der Waals surface area contributed by atoms with Crippen molar-refractivity contribution in [2.24, 2.45) is 5.92 Å². The molecule has 3 rings (SSSR count). The van der Waals surface area contributed by atoms with Crippen molar-refractivity contribution in [2.45, 2.75) is 32.4 Å². The molecule has 2 N–H and O–H groups in total. The van der Waals surface area contributed by atoms with Crippen LogP contribution in [-0.4, -0.2) is 48.2 Å². The molecule has 1 aliphatic heterocycles. The summed E-state index contributed by atoms with van der Waals surface area (Å²) >= 11 is 0. The molecule has 0 spiro atoms. The lowest BCUT2D eigenvalue weighted by atomic mass is 9.95. The zero-order valence-electron chi connectivity index (χ0n) is 15.2. The van der Waals surface area contributed by atoms with Crippen LogP contribution in [0.3, 0.4) is 0 Å². The maximum Gasteiger partial charge on any atom is 0.401 e. The van der Waals surface area contributed by atoms with Crippen LogP contribution in [0.15, 0.2) is 24.4 Å². The summed E-state index contributed by atoms with van der Waals surface area (Å²) in [5.41, 5.74) is 1.58. The molecule has 1 aromatic carbocycles. The highest BCUT2D eigenvalue weighted by Crippen LogP contribution is 2.28. The van der Waals surface area contributed by atoms with Gasteiger partial charge < -0.3 is 15.0 Å². The first-order valence-electron chi connectivity index (χ1n) is 9.11. The van der Waals surface area contributed by atoms with Gasteiger partial charge in [-0.3, -0.25) is 9.69 Å². The van der Waals surface area contributed by atoms with E-state index in [4.69, 9.17) is 4.74 Å². The van der Waals surface area contributed by atoms with Crippen molar-refractivity contribution in [3.05, 3.63) is 24.4 Å². The second kappa shape index (κ2) is 8.21. The Labute approximate surface area is 155 Å². The molecule has 8 heteroatoms. The number of carbonyl (C=O) groups is 1. The number of rotatable bonds is 6. The zero-order chi connectivity index (χ0) is 19.4. The second-order valence-electron chi connectivity index (χ2n) is 7.09. The van der Waals surface area contributed by atoms with Gasteiger partial charge in [0.1, 0.15) is 5.75 Å². The number of nitrogens with zero attached hydrogens (tertiary/aromatic N) is 1. The molecule has 1 aromatic heterocycles. The van der Waals surface area contributed by atoms with Crippen molar-refractivity contribution in [1.29, 1.82) is 0 Å². The highest BCUT2D eigenvalue weighted by molar-refractivity contribution is 6.01. The van der Waals surface area contributed by atoms with Crippen molar-refractivity contribution in [2.75, 3.05) is 31.6 Å². The normalized spacial score (nSPS) is 18.6. The number of aromatic amines is 1. The highest BCUT2D eigenvalue weighted by Gasteiger charge is 2.32. The van der Waals surface area contributed by atoms with Gasteiger partial charge in [0.25, 0.3) is 0 Å².